The van der Waals surface area contributed by atoms with Crippen LogP contribution in [0, 0.1) is 0 Å². The molecular formula is C24H20OSi. The highest BCUT2D eigenvalue weighted by atomic mass is 28.3. The van der Waals surface area contributed by atoms with Gasteiger partial charge in [-0.15, -0.1) is 0 Å². The Morgan fingerprint density at radius 1 is 0.615 bits per heavy atom. The van der Waals surface area contributed by atoms with E-state index in [1.165, 1.54) is 0 Å². The maximum atomic E-state index is 13.8. The Labute approximate surface area is 154 Å². The highest BCUT2D eigenvalue weighted by molar-refractivity contribution is 7.23. The molecule has 0 atom stereocenters. The van der Waals surface area contributed by atoms with Crippen molar-refractivity contribution in [2.75, 3.05) is 0 Å². The standard InChI is InChI=1S/C24H20OSi/c1-26(22-12-4-2-5-13-22,23-14-6-3-7-15-23)24(25)21-17-16-19-10-8-9-11-20(19)18-21/h2-18H,1H3. The second-order valence-electron chi connectivity index (χ2n) is 6.75. The van der Waals surface area contributed by atoms with Crippen LogP contribution >= 0.6 is 0 Å². The smallest absolute Gasteiger partial charge is 0.196 e. The number of carbonyl (C=O) groups excluding carboxylic acids is 1. The zero-order valence-electron chi connectivity index (χ0n) is 14.7. The highest BCUT2D eigenvalue weighted by Gasteiger charge is 2.40. The van der Waals surface area contributed by atoms with E-state index in [4.69, 9.17) is 0 Å². The summed E-state index contributed by atoms with van der Waals surface area (Å²) < 4.78 is 0. The van der Waals surface area contributed by atoms with Crippen LogP contribution in [-0.2, 0) is 0 Å². The lowest BCUT2D eigenvalue weighted by molar-refractivity contribution is 0.107. The molecule has 4 aromatic rings. The maximum absolute atomic E-state index is 13.8. The van der Waals surface area contributed by atoms with Crippen molar-refractivity contribution < 1.29 is 4.79 Å². The Bertz CT molecular complexity index is 1020. The first kappa shape index (κ1) is 16.5. The van der Waals surface area contributed by atoms with E-state index in [1.807, 2.05) is 66.7 Å². The summed E-state index contributed by atoms with van der Waals surface area (Å²) in [5.41, 5.74) is 0.797. The molecule has 0 saturated heterocycles. The molecule has 1 nitrogen and oxygen atoms in total. The summed E-state index contributed by atoms with van der Waals surface area (Å²) in [6.07, 6.45) is 0. The molecule has 0 unspecified atom stereocenters. The fourth-order valence-corrected chi connectivity index (χ4v) is 6.90. The molecule has 4 rings (SSSR count). The van der Waals surface area contributed by atoms with Gasteiger partial charge in [0.15, 0.2) is 13.5 Å². The summed E-state index contributed by atoms with van der Waals surface area (Å²) in [6.45, 7) is 2.16. The van der Waals surface area contributed by atoms with Gasteiger partial charge in [0.1, 0.15) is 0 Å². The molecule has 4 aromatic carbocycles. The number of benzene rings is 4. The quantitative estimate of drug-likeness (QED) is 0.496. The van der Waals surface area contributed by atoms with Crippen LogP contribution in [0.2, 0.25) is 6.55 Å². The van der Waals surface area contributed by atoms with Gasteiger partial charge in [0.2, 0.25) is 0 Å². The normalized spacial score (nSPS) is 11.4. The lowest BCUT2D eigenvalue weighted by Gasteiger charge is -2.27. The Morgan fingerprint density at radius 3 is 1.69 bits per heavy atom. The van der Waals surface area contributed by atoms with Crippen LogP contribution in [0.15, 0.2) is 103 Å². The van der Waals surface area contributed by atoms with E-state index in [0.717, 1.165) is 26.7 Å². The van der Waals surface area contributed by atoms with E-state index < -0.39 is 8.07 Å². The van der Waals surface area contributed by atoms with Gasteiger partial charge in [-0.25, -0.2) is 0 Å². The summed E-state index contributed by atoms with van der Waals surface area (Å²) in [5, 5.41) is 4.80. The van der Waals surface area contributed by atoms with Crippen LogP contribution in [0.5, 0.6) is 0 Å². The molecule has 0 aromatic heterocycles. The average molecular weight is 353 g/mol. The number of carbonyl (C=O) groups is 1. The minimum Gasteiger partial charge on any atom is -0.299 e. The second-order valence-corrected chi connectivity index (χ2v) is 10.6. The first-order valence-electron chi connectivity index (χ1n) is 8.84. The zero-order valence-corrected chi connectivity index (χ0v) is 15.7. The molecule has 126 valence electrons. The molecule has 0 amide bonds. The van der Waals surface area contributed by atoms with E-state index in [9.17, 15) is 4.79 Å². The third kappa shape index (κ3) is 2.79. The Kier molecular flexibility index (Phi) is 4.27. The molecule has 26 heavy (non-hydrogen) atoms. The van der Waals surface area contributed by atoms with E-state index in [-0.39, 0.29) is 5.41 Å². The van der Waals surface area contributed by atoms with Gasteiger partial charge < -0.3 is 0 Å². The fourth-order valence-electron chi connectivity index (χ4n) is 3.59. The minimum absolute atomic E-state index is 0.251. The lowest BCUT2D eigenvalue weighted by atomic mass is 10.1. The molecule has 0 aliphatic carbocycles. The van der Waals surface area contributed by atoms with Gasteiger partial charge in [0.25, 0.3) is 0 Å². The predicted octanol–water partition coefficient (Wildman–Crippen LogP) is 4.45. The van der Waals surface area contributed by atoms with Crippen LogP contribution < -0.4 is 10.4 Å². The summed E-state index contributed by atoms with van der Waals surface area (Å²) in [5.74, 6) is 0. The molecule has 0 aliphatic rings. The van der Waals surface area contributed by atoms with E-state index >= 15 is 0 Å². The van der Waals surface area contributed by atoms with Gasteiger partial charge in [-0.05, 0) is 27.2 Å². The first-order valence-corrected chi connectivity index (χ1v) is 11.3. The maximum Gasteiger partial charge on any atom is 0.196 e. The molecule has 0 fully saturated rings. The summed E-state index contributed by atoms with van der Waals surface area (Å²) in [6, 6.07) is 34.7. The minimum atomic E-state index is -2.57. The first-order chi connectivity index (χ1) is 12.7. The van der Waals surface area contributed by atoms with Crippen LogP contribution in [0.3, 0.4) is 0 Å². The van der Waals surface area contributed by atoms with Crippen molar-refractivity contribution >= 4 is 34.6 Å². The van der Waals surface area contributed by atoms with Crippen LogP contribution in [-0.4, -0.2) is 13.5 Å². The molecule has 2 heteroatoms. The summed E-state index contributed by atoms with van der Waals surface area (Å²) in [4.78, 5) is 13.8. The van der Waals surface area contributed by atoms with E-state index in [2.05, 4.69) is 42.9 Å². The number of hydrogen-bond donors (Lipinski definition) is 0. The average Bonchev–Trinajstić information content (AvgIpc) is 2.73. The van der Waals surface area contributed by atoms with Crippen molar-refractivity contribution in [3.05, 3.63) is 109 Å². The van der Waals surface area contributed by atoms with Crippen molar-refractivity contribution in [1.82, 2.24) is 0 Å². The second kappa shape index (κ2) is 6.73. The van der Waals surface area contributed by atoms with Gasteiger partial charge in [0.05, 0.1) is 0 Å². The highest BCUT2D eigenvalue weighted by Crippen LogP contribution is 2.20. The molecule has 0 bridgehead atoms. The molecule has 0 saturated carbocycles. The third-order valence-corrected chi connectivity index (χ3v) is 9.34. The number of fused-ring (bicyclic) bond motifs is 1. The summed E-state index contributed by atoms with van der Waals surface area (Å²) in [7, 11) is -2.57. The molecule has 0 radical (unpaired) electrons. The van der Waals surface area contributed by atoms with Crippen LogP contribution in [0.25, 0.3) is 10.8 Å². The van der Waals surface area contributed by atoms with Gasteiger partial charge in [-0.1, -0.05) is 104 Å². The van der Waals surface area contributed by atoms with Crippen molar-refractivity contribution in [2.45, 2.75) is 6.55 Å². The molecule has 0 spiro atoms. The van der Waals surface area contributed by atoms with Crippen LogP contribution in [0.4, 0.5) is 0 Å². The fraction of sp³-hybridized carbons (Fsp3) is 0.0417. The van der Waals surface area contributed by atoms with Crippen molar-refractivity contribution in [2.24, 2.45) is 0 Å². The monoisotopic (exact) mass is 352 g/mol. The summed E-state index contributed by atoms with van der Waals surface area (Å²) >= 11 is 0. The molecule has 0 N–H and O–H groups in total. The number of hydrogen-bond acceptors (Lipinski definition) is 1. The molecular weight excluding hydrogens is 332 g/mol. The van der Waals surface area contributed by atoms with Gasteiger partial charge >= 0.3 is 0 Å². The van der Waals surface area contributed by atoms with E-state index in [1.54, 1.807) is 0 Å². The number of rotatable bonds is 4. The van der Waals surface area contributed by atoms with E-state index in [0.29, 0.717) is 0 Å². The molecule has 0 aliphatic heterocycles. The lowest BCUT2D eigenvalue weighted by Crippen LogP contribution is -2.62. The van der Waals surface area contributed by atoms with Gasteiger partial charge in [-0.2, -0.15) is 0 Å². The molecule has 0 heterocycles. The topological polar surface area (TPSA) is 17.1 Å². The Morgan fingerprint density at radius 2 is 1.12 bits per heavy atom. The largest absolute Gasteiger partial charge is 0.299 e. The SMILES string of the molecule is C[Si](C(=O)c1ccc2ccccc2c1)(c1ccccc1)c1ccccc1. The van der Waals surface area contributed by atoms with Gasteiger partial charge in [-0.3, -0.25) is 4.79 Å². The Hall–Kier alpha value is -2.97. The third-order valence-electron chi connectivity index (χ3n) is 5.17. The van der Waals surface area contributed by atoms with Crippen molar-refractivity contribution in [3.63, 3.8) is 0 Å². The predicted molar refractivity (Wildman–Crippen MR) is 112 cm³/mol. The van der Waals surface area contributed by atoms with Crippen molar-refractivity contribution in [1.29, 1.82) is 0 Å². The van der Waals surface area contributed by atoms with Crippen LogP contribution in [0.1, 0.15) is 10.4 Å². The van der Waals surface area contributed by atoms with Gasteiger partial charge in [0, 0.05) is 5.56 Å². The Balaban J connectivity index is 1.89. The zero-order chi connectivity index (χ0) is 18.0. The van der Waals surface area contributed by atoms with Crippen molar-refractivity contribution in [3.8, 4) is 0 Å².